The van der Waals surface area contributed by atoms with Crippen molar-refractivity contribution in [2.45, 2.75) is 0 Å². The maximum absolute atomic E-state index is 4.83. The average Bonchev–Trinajstić information content (AvgIpc) is 3.28. The fraction of sp³-hybridized carbons (Fsp3) is 0. The second-order valence-electron chi connectivity index (χ2n) is 7.05. The van der Waals surface area contributed by atoms with Crippen LogP contribution in [0, 0.1) is 0 Å². The molecule has 2 nitrogen and oxygen atoms in total. The number of nitrogens with zero attached hydrogens (tertiary/aromatic N) is 1. The highest BCUT2D eigenvalue weighted by Gasteiger charge is 2.05. The quantitative estimate of drug-likeness (QED) is 0.322. The van der Waals surface area contributed by atoms with E-state index in [1.165, 1.54) is 16.5 Å². The zero-order valence-corrected chi connectivity index (χ0v) is 15.9. The first-order valence-electron chi connectivity index (χ1n) is 9.73. The van der Waals surface area contributed by atoms with Crippen LogP contribution >= 0.6 is 0 Å². The van der Waals surface area contributed by atoms with Gasteiger partial charge in [0.05, 0.1) is 11.2 Å². The van der Waals surface area contributed by atoms with E-state index in [2.05, 4.69) is 96.0 Å². The molecule has 5 aromatic rings. The largest absolute Gasteiger partial charge is 0.361 e. The van der Waals surface area contributed by atoms with Crippen LogP contribution in [0.3, 0.4) is 0 Å². The summed E-state index contributed by atoms with van der Waals surface area (Å²) in [5.41, 5.74) is 7.84. The molecule has 0 aliphatic rings. The molecule has 0 unspecified atom stereocenters. The molecule has 0 aliphatic carbocycles. The Morgan fingerprint density at radius 3 is 1.90 bits per heavy atom. The summed E-state index contributed by atoms with van der Waals surface area (Å²) in [7, 11) is 0. The normalized spacial score (nSPS) is 11.3. The number of hydrogen-bond donors (Lipinski definition) is 1. The standard InChI is InChI=1S/C27H20N2/c1-3-8-20(9-4-1)24-16-25(21-10-5-2-6-11-21)18-26(17-24)29-19-23-13-7-12-22-14-15-28-27(22)23/h1-19,28H. The maximum atomic E-state index is 4.83. The predicted molar refractivity (Wildman–Crippen MR) is 123 cm³/mol. The van der Waals surface area contributed by atoms with Gasteiger partial charge in [-0.2, -0.15) is 0 Å². The number of aromatic nitrogens is 1. The second kappa shape index (κ2) is 7.61. The number of H-pyrrole nitrogens is 1. The Morgan fingerprint density at radius 1 is 0.586 bits per heavy atom. The summed E-state index contributed by atoms with van der Waals surface area (Å²) in [6.45, 7) is 0. The molecule has 5 rings (SSSR count). The van der Waals surface area contributed by atoms with E-state index in [-0.39, 0.29) is 0 Å². The third kappa shape index (κ3) is 3.61. The minimum Gasteiger partial charge on any atom is -0.361 e. The van der Waals surface area contributed by atoms with Crippen LogP contribution in [0.1, 0.15) is 5.56 Å². The number of fused-ring (bicyclic) bond motifs is 1. The van der Waals surface area contributed by atoms with Crippen molar-refractivity contribution in [3.8, 4) is 22.3 Å². The van der Waals surface area contributed by atoms with E-state index in [1.807, 2.05) is 24.5 Å². The van der Waals surface area contributed by atoms with Crippen LogP contribution in [0.25, 0.3) is 33.2 Å². The minimum absolute atomic E-state index is 0.939. The van der Waals surface area contributed by atoms with Gasteiger partial charge in [0.15, 0.2) is 0 Å². The predicted octanol–water partition coefficient (Wildman–Crippen LogP) is 7.25. The lowest BCUT2D eigenvalue weighted by molar-refractivity contribution is 1.46. The summed E-state index contributed by atoms with van der Waals surface area (Å²) in [4.78, 5) is 8.14. The van der Waals surface area contributed by atoms with Crippen LogP contribution in [0.15, 0.2) is 114 Å². The van der Waals surface area contributed by atoms with E-state index >= 15 is 0 Å². The number of aliphatic imine (C=N–C) groups is 1. The molecule has 1 N–H and O–H groups in total. The molecule has 0 amide bonds. The van der Waals surface area contributed by atoms with Gasteiger partial charge < -0.3 is 4.98 Å². The highest BCUT2D eigenvalue weighted by molar-refractivity contribution is 5.98. The summed E-state index contributed by atoms with van der Waals surface area (Å²) in [5, 5.41) is 1.19. The molecule has 0 saturated carbocycles. The maximum Gasteiger partial charge on any atom is 0.0642 e. The van der Waals surface area contributed by atoms with Crippen LogP contribution in [0.4, 0.5) is 5.69 Å². The molecule has 0 atom stereocenters. The van der Waals surface area contributed by atoms with Crippen LogP contribution in [-0.2, 0) is 0 Å². The molecule has 29 heavy (non-hydrogen) atoms. The molecule has 0 aliphatic heterocycles. The van der Waals surface area contributed by atoms with Gasteiger partial charge >= 0.3 is 0 Å². The van der Waals surface area contributed by atoms with Crippen molar-refractivity contribution >= 4 is 22.8 Å². The smallest absolute Gasteiger partial charge is 0.0642 e. The van der Waals surface area contributed by atoms with Crippen molar-refractivity contribution in [2.24, 2.45) is 4.99 Å². The van der Waals surface area contributed by atoms with Crippen LogP contribution in [0.5, 0.6) is 0 Å². The Hall–Kier alpha value is -3.91. The topological polar surface area (TPSA) is 28.1 Å². The third-order valence-electron chi connectivity index (χ3n) is 5.10. The zero-order chi connectivity index (χ0) is 19.5. The second-order valence-corrected chi connectivity index (χ2v) is 7.05. The number of benzene rings is 4. The van der Waals surface area contributed by atoms with Gasteiger partial charge in [0.1, 0.15) is 0 Å². The summed E-state index contributed by atoms with van der Waals surface area (Å²) in [5.74, 6) is 0. The van der Waals surface area contributed by atoms with Gasteiger partial charge in [-0.15, -0.1) is 0 Å². The van der Waals surface area contributed by atoms with E-state index < -0.39 is 0 Å². The Labute approximate surface area is 170 Å². The Kier molecular flexibility index (Phi) is 4.51. The Bertz CT molecular complexity index is 1220. The minimum atomic E-state index is 0.939. The van der Waals surface area contributed by atoms with Crippen molar-refractivity contribution < 1.29 is 0 Å². The van der Waals surface area contributed by atoms with Crippen LogP contribution < -0.4 is 0 Å². The van der Waals surface area contributed by atoms with Gasteiger partial charge in [-0.3, -0.25) is 4.99 Å². The molecule has 138 valence electrons. The molecule has 0 spiro atoms. The van der Waals surface area contributed by atoms with Crippen molar-refractivity contribution in [3.05, 3.63) is 115 Å². The van der Waals surface area contributed by atoms with E-state index in [9.17, 15) is 0 Å². The number of para-hydroxylation sites is 1. The highest BCUT2D eigenvalue weighted by atomic mass is 14.7. The van der Waals surface area contributed by atoms with Gasteiger partial charge in [0.2, 0.25) is 0 Å². The Balaban J connectivity index is 1.61. The Morgan fingerprint density at radius 2 is 1.24 bits per heavy atom. The van der Waals surface area contributed by atoms with Gasteiger partial charge in [-0.1, -0.05) is 78.9 Å². The molecular formula is C27H20N2. The molecule has 2 heteroatoms. The lowest BCUT2D eigenvalue weighted by atomic mass is 9.98. The number of rotatable bonds is 4. The average molecular weight is 372 g/mol. The van der Waals surface area contributed by atoms with Crippen molar-refractivity contribution in [1.29, 1.82) is 0 Å². The summed E-state index contributed by atoms with van der Waals surface area (Å²) >= 11 is 0. The van der Waals surface area contributed by atoms with Crippen molar-refractivity contribution in [2.75, 3.05) is 0 Å². The van der Waals surface area contributed by atoms with Crippen LogP contribution in [-0.4, -0.2) is 11.2 Å². The third-order valence-corrected chi connectivity index (χ3v) is 5.10. The van der Waals surface area contributed by atoms with Gasteiger partial charge in [0.25, 0.3) is 0 Å². The lowest BCUT2D eigenvalue weighted by Gasteiger charge is -2.09. The summed E-state index contributed by atoms with van der Waals surface area (Å²) < 4.78 is 0. The molecule has 1 heterocycles. The molecule has 4 aromatic carbocycles. The number of aromatic amines is 1. The summed E-state index contributed by atoms with van der Waals surface area (Å²) in [6, 6.07) is 35.8. The van der Waals surface area contributed by atoms with Crippen molar-refractivity contribution in [1.82, 2.24) is 4.98 Å². The van der Waals surface area contributed by atoms with Crippen LogP contribution in [0.2, 0.25) is 0 Å². The van der Waals surface area contributed by atoms with E-state index in [0.29, 0.717) is 0 Å². The highest BCUT2D eigenvalue weighted by Crippen LogP contribution is 2.31. The van der Waals surface area contributed by atoms with E-state index in [1.54, 1.807) is 0 Å². The first kappa shape index (κ1) is 17.2. The molecule has 1 aromatic heterocycles. The van der Waals surface area contributed by atoms with Gasteiger partial charge in [-0.25, -0.2) is 0 Å². The fourth-order valence-corrected chi connectivity index (χ4v) is 3.64. The van der Waals surface area contributed by atoms with Gasteiger partial charge in [0, 0.05) is 23.4 Å². The molecule has 0 bridgehead atoms. The van der Waals surface area contributed by atoms with Crippen molar-refractivity contribution in [3.63, 3.8) is 0 Å². The molecule has 0 saturated heterocycles. The lowest BCUT2D eigenvalue weighted by Crippen LogP contribution is -1.85. The van der Waals surface area contributed by atoms with Gasteiger partial charge in [-0.05, 0) is 46.5 Å². The zero-order valence-electron chi connectivity index (χ0n) is 15.9. The molecular weight excluding hydrogens is 352 g/mol. The molecule has 0 fully saturated rings. The molecule has 0 radical (unpaired) electrons. The SMILES string of the molecule is C(=Nc1cc(-c2ccccc2)cc(-c2ccccc2)c1)c1cccc2cc[nH]c12. The number of nitrogens with one attached hydrogen (secondary N) is 1. The first-order chi connectivity index (χ1) is 14.4. The number of hydrogen-bond acceptors (Lipinski definition) is 1. The fourth-order valence-electron chi connectivity index (χ4n) is 3.64. The monoisotopic (exact) mass is 372 g/mol. The summed E-state index contributed by atoms with van der Waals surface area (Å²) in [6.07, 6.45) is 3.91. The van der Waals surface area contributed by atoms with E-state index in [4.69, 9.17) is 4.99 Å². The first-order valence-corrected chi connectivity index (χ1v) is 9.73. The van der Waals surface area contributed by atoms with E-state index in [0.717, 1.165) is 27.9 Å².